The van der Waals surface area contributed by atoms with E-state index < -0.39 is 17.5 Å². The van der Waals surface area contributed by atoms with Crippen molar-refractivity contribution >= 4 is 11.8 Å². The number of rotatable bonds is 4. The van der Waals surface area contributed by atoms with Crippen LogP contribution in [0.1, 0.15) is 48.3 Å². The summed E-state index contributed by atoms with van der Waals surface area (Å²) < 4.78 is 40.1. The molecule has 1 aliphatic rings. The van der Waals surface area contributed by atoms with Crippen LogP contribution in [-0.4, -0.2) is 35.2 Å². The molecule has 1 aromatic heterocycles. The van der Waals surface area contributed by atoms with Crippen LogP contribution in [0.5, 0.6) is 5.75 Å². The van der Waals surface area contributed by atoms with Crippen LogP contribution in [0.15, 0.2) is 24.4 Å². The van der Waals surface area contributed by atoms with Gasteiger partial charge in [-0.2, -0.15) is 18.2 Å². The number of phenolic OH excluding ortho intramolecular Hbond substituents is 1. The molecule has 5 nitrogen and oxygen atoms in total. The lowest BCUT2D eigenvalue weighted by Crippen LogP contribution is -2.27. The Morgan fingerprint density at radius 1 is 1.14 bits per heavy atom. The Bertz CT molecular complexity index is 831. The number of aromatic hydroxyl groups is 1. The molecule has 3 rings (SSSR count). The summed E-state index contributed by atoms with van der Waals surface area (Å²) in [4.78, 5) is 10.8. The number of nitrogens with one attached hydrogen (secondary N) is 1. The zero-order chi connectivity index (χ0) is 20.5. The van der Waals surface area contributed by atoms with Gasteiger partial charge in [-0.1, -0.05) is 12.1 Å². The molecular formula is C20H25F3N4O. The maximum Gasteiger partial charge on any atom is 0.420 e. The maximum atomic E-state index is 13.4. The molecule has 1 heterocycles. The van der Waals surface area contributed by atoms with Crippen molar-refractivity contribution in [2.75, 3.05) is 24.3 Å². The van der Waals surface area contributed by atoms with Gasteiger partial charge in [0, 0.05) is 31.9 Å². The lowest BCUT2D eigenvalue weighted by Gasteiger charge is -2.31. The predicted molar refractivity (Wildman–Crippen MR) is 103 cm³/mol. The number of benzene rings is 1. The van der Waals surface area contributed by atoms with Gasteiger partial charge < -0.3 is 15.3 Å². The molecule has 0 atom stereocenters. The van der Waals surface area contributed by atoms with Gasteiger partial charge in [-0.25, -0.2) is 4.98 Å². The fourth-order valence-corrected chi connectivity index (χ4v) is 3.89. The van der Waals surface area contributed by atoms with E-state index in [0.29, 0.717) is 31.6 Å². The zero-order valence-corrected chi connectivity index (χ0v) is 16.2. The van der Waals surface area contributed by atoms with Gasteiger partial charge in [-0.3, -0.25) is 0 Å². The summed E-state index contributed by atoms with van der Waals surface area (Å²) in [6, 6.07) is 4.16. The minimum atomic E-state index is -4.56. The summed E-state index contributed by atoms with van der Waals surface area (Å²) in [5, 5.41) is 13.1. The summed E-state index contributed by atoms with van der Waals surface area (Å²) in [5.74, 6) is 0.444. The molecule has 152 valence electrons. The monoisotopic (exact) mass is 394 g/mol. The van der Waals surface area contributed by atoms with Crippen molar-refractivity contribution in [1.82, 2.24) is 9.97 Å². The number of alkyl halides is 3. The minimum Gasteiger partial charge on any atom is -0.507 e. The van der Waals surface area contributed by atoms with E-state index in [1.54, 1.807) is 6.20 Å². The van der Waals surface area contributed by atoms with E-state index in [1.807, 2.05) is 25.9 Å². The Labute approximate surface area is 162 Å². The molecule has 1 fully saturated rings. The van der Waals surface area contributed by atoms with Gasteiger partial charge in [-0.15, -0.1) is 0 Å². The van der Waals surface area contributed by atoms with Gasteiger partial charge in [0.25, 0.3) is 0 Å². The van der Waals surface area contributed by atoms with Crippen molar-refractivity contribution in [1.29, 1.82) is 0 Å². The molecule has 0 unspecified atom stereocenters. The van der Waals surface area contributed by atoms with Crippen LogP contribution in [0.2, 0.25) is 0 Å². The topological polar surface area (TPSA) is 61.3 Å². The fourth-order valence-electron chi connectivity index (χ4n) is 3.89. The number of aromatic nitrogens is 2. The summed E-state index contributed by atoms with van der Waals surface area (Å²) in [7, 11) is 3.83. The van der Waals surface area contributed by atoms with E-state index in [4.69, 9.17) is 0 Å². The molecule has 0 amide bonds. The number of halogens is 3. The average molecular weight is 394 g/mol. The van der Waals surface area contributed by atoms with Gasteiger partial charge in [0.1, 0.15) is 17.1 Å². The van der Waals surface area contributed by atoms with Gasteiger partial charge in [0.2, 0.25) is 5.95 Å². The van der Waals surface area contributed by atoms with Crippen LogP contribution in [-0.2, 0) is 6.18 Å². The van der Waals surface area contributed by atoms with Gasteiger partial charge in [0.05, 0.1) is 0 Å². The average Bonchev–Trinajstić information content (AvgIpc) is 2.62. The highest BCUT2D eigenvalue weighted by Crippen LogP contribution is 2.44. The van der Waals surface area contributed by atoms with Gasteiger partial charge >= 0.3 is 6.18 Å². The van der Waals surface area contributed by atoms with Crippen molar-refractivity contribution in [3.05, 3.63) is 41.1 Å². The van der Waals surface area contributed by atoms with E-state index in [-0.39, 0.29) is 17.5 Å². The molecule has 28 heavy (non-hydrogen) atoms. The summed E-state index contributed by atoms with van der Waals surface area (Å²) in [6.07, 6.45) is -0.155. The smallest absolute Gasteiger partial charge is 0.420 e. The number of hydrogen-bond acceptors (Lipinski definition) is 5. The molecule has 8 heteroatoms. The van der Waals surface area contributed by atoms with Crippen molar-refractivity contribution in [2.24, 2.45) is 0 Å². The van der Waals surface area contributed by atoms with E-state index >= 15 is 0 Å². The Morgan fingerprint density at radius 3 is 2.43 bits per heavy atom. The van der Waals surface area contributed by atoms with E-state index in [0.717, 1.165) is 17.4 Å². The number of phenols is 1. The quantitative estimate of drug-likeness (QED) is 0.786. The normalized spacial score (nSPS) is 20.1. The van der Waals surface area contributed by atoms with Crippen molar-refractivity contribution in [2.45, 2.75) is 50.7 Å². The fraction of sp³-hybridized carbons (Fsp3) is 0.500. The molecule has 2 N–H and O–H groups in total. The minimum absolute atomic E-state index is 0.112. The second-order valence-corrected chi connectivity index (χ2v) is 7.53. The molecule has 1 aliphatic carbocycles. The first kappa shape index (κ1) is 20.2. The highest BCUT2D eigenvalue weighted by molar-refractivity contribution is 5.48. The first-order valence-corrected chi connectivity index (χ1v) is 9.33. The number of hydrogen-bond donors (Lipinski definition) is 2. The Balaban J connectivity index is 1.69. The third kappa shape index (κ3) is 4.31. The highest BCUT2D eigenvalue weighted by atomic mass is 19.4. The van der Waals surface area contributed by atoms with E-state index in [1.165, 1.54) is 12.1 Å². The van der Waals surface area contributed by atoms with Crippen molar-refractivity contribution in [3.63, 3.8) is 0 Å². The Hall–Kier alpha value is -2.51. The molecule has 2 aromatic rings. The molecule has 0 aliphatic heterocycles. The van der Waals surface area contributed by atoms with Gasteiger partial charge in [0.15, 0.2) is 0 Å². The lowest BCUT2D eigenvalue weighted by atomic mass is 9.80. The van der Waals surface area contributed by atoms with Crippen LogP contribution in [0.4, 0.5) is 24.9 Å². The maximum absolute atomic E-state index is 13.4. The van der Waals surface area contributed by atoms with E-state index in [9.17, 15) is 18.3 Å². The SMILES string of the molecule is Cc1cnc(NC2CCC(c3cccc(O)c3C(F)(F)F)CC2)nc1N(C)C. The molecule has 1 saturated carbocycles. The first-order chi connectivity index (χ1) is 13.2. The summed E-state index contributed by atoms with van der Waals surface area (Å²) in [6.45, 7) is 1.94. The van der Waals surface area contributed by atoms with Crippen LogP contribution in [0, 0.1) is 6.92 Å². The number of anilines is 2. The predicted octanol–water partition coefficient (Wildman–Crippen LogP) is 4.71. The molecule has 0 radical (unpaired) electrons. The molecule has 0 spiro atoms. The second-order valence-electron chi connectivity index (χ2n) is 7.53. The summed E-state index contributed by atoms with van der Waals surface area (Å²) in [5.41, 5.74) is 0.263. The first-order valence-electron chi connectivity index (χ1n) is 9.33. The molecular weight excluding hydrogens is 369 g/mol. The Kier molecular flexibility index (Phi) is 5.67. The third-order valence-electron chi connectivity index (χ3n) is 5.23. The molecule has 0 saturated heterocycles. The standard InChI is InChI=1S/C20H25F3N4O/c1-12-11-24-19(26-18(12)27(2)3)25-14-9-7-13(8-10-14)15-5-4-6-16(28)17(15)20(21,22)23/h4-6,11,13-14,28H,7-10H2,1-3H3,(H,24,25,26). The van der Waals surface area contributed by atoms with Crippen molar-refractivity contribution in [3.8, 4) is 5.75 Å². The highest BCUT2D eigenvalue weighted by Gasteiger charge is 2.39. The van der Waals surface area contributed by atoms with Crippen LogP contribution in [0.25, 0.3) is 0 Å². The number of nitrogens with zero attached hydrogens (tertiary/aromatic N) is 3. The molecule has 1 aromatic carbocycles. The third-order valence-corrected chi connectivity index (χ3v) is 5.23. The Morgan fingerprint density at radius 2 is 1.82 bits per heavy atom. The van der Waals surface area contributed by atoms with Crippen LogP contribution >= 0.6 is 0 Å². The van der Waals surface area contributed by atoms with Crippen LogP contribution in [0.3, 0.4) is 0 Å². The van der Waals surface area contributed by atoms with Crippen molar-refractivity contribution < 1.29 is 18.3 Å². The number of aryl methyl sites for hydroxylation is 1. The summed E-state index contributed by atoms with van der Waals surface area (Å²) >= 11 is 0. The lowest BCUT2D eigenvalue weighted by molar-refractivity contribution is -0.139. The van der Waals surface area contributed by atoms with Crippen LogP contribution < -0.4 is 10.2 Å². The zero-order valence-electron chi connectivity index (χ0n) is 16.2. The molecule has 0 bridgehead atoms. The largest absolute Gasteiger partial charge is 0.507 e. The van der Waals surface area contributed by atoms with Gasteiger partial charge in [-0.05, 0) is 50.2 Å². The second kappa shape index (κ2) is 7.85. The van der Waals surface area contributed by atoms with E-state index in [2.05, 4.69) is 15.3 Å².